The van der Waals surface area contributed by atoms with Gasteiger partial charge in [0.25, 0.3) is 5.56 Å². The lowest BCUT2D eigenvalue weighted by atomic mass is 10.1. The number of phosphoric ester groups is 2. The van der Waals surface area contributed by atoms with Gasteiger partial charge in [0.05, 0.1) is 10.2 Å². The van der Waals surface area contributed by atoms with Crippen molar-refractivity contribution in [1.29, 1.82) is 0 Å². The Kier molecular flexibility index (Phi) is 10.6. The van der Waals surface area contributed by atoms with Crippen LogP contribution in [0.2, 0.25) is 0 Å². The van der Waals surface area contributed by atoms with Gasteiger partial charge in [-0.1, -0.05) is 49.7 Å². The molecule has 1 aromatic heterocycles. The summed E-state index contributed by atoms with van der Waals surface area (Å²) < 4.78 is 75.0. The number of fused-ring (bicyclic) bond motifs is 2. The monoisotopic (exact) mass is 804 g/mol. The molecule has 21 heteroatoms. The van der Waals surface area contributed by atoms with E-state index in [0.29, 0.717) is 17.2 Å². The Balaban J connectivity index is 1.26. The van der Waals surface area contributed by atoms with Crippen LogP contribution in [-0.2, 0) is 41.1 Å². The summed E-state index contributed by atoms with van der Waals surface area (Å²) in [5, 5.41) is 1.00. The quantitative estimate of drug-likeness (QED) is 0.142. The summed E-state index contributed by atoms with van der Waals surface area (Å²) in [6.07, 6.45) is -1.53. The van der Waals surface area contributed by atoms with Crippen LogP contribution in [-0.4, -0.2) is 55.4 Å². The predicted molar refractivity (Wildman–Crippen MR) is 163 cm³/mol. The smallest absolute Gasteiger partial charge is 0.403 e. The minimum absolute atomic E-state index is 0.169. The van der Waals surface area contributed by atoms with Crippen molar-refractivity contribution in [3.63, 3.8) is 0 Å². The lowest BCUT2D eigenvalue weighted by Crippen LogP contribution is -2.37. The van der Waals surface area contributed by atoms with Gasteiger partial charge in [-0.3, -0.25) is 23.8 Å². The zero-order valence-corrected chi connectivity index (χ0v) is 28.1. The van der Waals surface area contributed by atoms with Crippen LogP contribution in [0.25, 0.3) is 10.8 Å². The van der Waals surface area contributed by atoms with E-state index in [1.54, 1.807) is 52.9 Å². The number of halogens is 1. The molecule has 2 aromatic carbocycles. The van der Waals surface area contributed by atoms with Gasteiger partial charge in [-0.15, -0.1) is 0 Å². The number of phosphoric acid groups is 3. The van der Waals surface area contributed by atoms with E-state index < -0.39 is 72.2 Å². The van der Waals surface area contributed by atoms with Crippen LogP contribution in [0.4, 0.5) is 0 Å². The van der Waals surface area contributed by atoms with E-state index in [4.69, 9.17) is 23.3 Å². The highest BCUT2D eigenvalue weighted by Crippen LogP contribution is 2.67. The first-order valence-electron chi connectivity index (χ1n) is 13.4. The molecule has 2 aliphatic rings. The Morgan fingerprint density at radius 1 is 0.933 bits per heavy atom. The van der Waals surface area contributed by atoms with E-state index in [-0.39, 0.29) is 9.32 Å². The van der Waals surface area contributed by atoms with E-state index in [2.05, 4.69) is 13.6 Å². The number of H-pyrrole nitrogens is 1. The molecule has 0 amide bonds. The summed E-state index contributed by atoms with van der Waals surface area (Å²) in [7, 11) is -16.6. The fourth-order valence-corrected chi connectivity index (χ4v) is 8.77. The molecule has 45 heavy (non-hydrogen) atoms. The molecule has 246 valence electrons. The third-order valence-electron chi connectivity index (χ3n) is 6.67. The van der Waals surface area contributed by atoms with Gasteiger partial charge in [-0.25, -0.2) is 18.5 Å². The molecule has 0 bridgehead atoms. The first-order valence-corrected chi connectivity index (χ1v) is 18.9. The zero-order valence-electron chi connectivity index (χ0n) is 23.2. The van der Waals surface area contributed by atoms with E-state index >= 15 is 0 Å². The first kappa shape index (κ1) is 34.6. The highest BCUT2D eigenvalue weighted by molar-refractivity contribution is 14.1. The third kappa shape index (κ3) is 8.40. The van der Waals surface area contributed by atoms with Crippen molar-refractivity contribution in [3.8, 4) is 5.75 Å². The number of ether oxygens (including phenoxy) is 3. The molecule has 2 aliphatic heterocycles. The maximum atomic E-state index is 12.7. The van der Waals surface area contributed by atoms with Gasteiger partial charge in [-0.2, -0.15) is 8.62 Å². The minimum atomic E-state index is -5.77. The number of aromatic nitrogens is 2. The Hall–Kier alpha value is -1.76. The molecule has 3 aromatic rings. The Labute approximate surface area is 268 Å². The van der Waals surface area contributed by atoms with Crippen molar-refractivity contribution in [3.05, 3.63) is 73.1 Å². The van der Waals surface area contributed by atoms with Crippen LogP contribution in [0.1, 0.15) is 32.4 Å². The van der Waals surface area contributed by atoms with Crippen LogP contribution in [0.3, 0.4) is 0 Å². The molecule has 0 spiro atoms. The molecule has 4 N–H and O–H groups in total. The number of benzene rings is 2. The number of rotatable bonds is 13. The molecule has 8 atom stereocenters. The molecular weight excluding hydrogens is 776 g/mol. The molecule has 3 heterocycles. The van der Waals surface area contributed by atoms with E-state index in [1.807, 2.05) is 6.92 Å². The molecule has 5 rings (SSSR count). The number of unbranched alkanes of at least 4 members (excludes halogenated alkanes) is 1. The molecule has 6 unspecified atom stereocenters. The largest absolute Gasteiger partial charge is 0.536 e. The fraction of sp³-hybridized carbons (Fsp3) is 0.417. The average molecular weight is 804 g/mol. The second kappa shape index (κ2) is 13.8. The lowest BCUT2D eigenvalue weighted by molar-refractivity contribution is -0.153. The number of nitrogens with zero attached hydrogens (tertiary/aromatic N) is 1. The molecule has 2 fully saturated rings. The highest BCUT2D eigenvalue weighted by Gasteiger charge is 2.54. The van der Waals surface area contributed by atoms with E-state index in [9.17, 15) is 38.0 Å². The summed E-state index contributed by atoms with van der Waals surface area (Å²) in [5.41, 5.74) is -1.42. The van der Waals surface area contributed by atoms with Crippen LogP contribution in [0.5, 0.6) is 5.75 Å². The second-order valence-corrected chi connectivity index (χ2v) is 15.6. The van der Waals surface area contributed by atoms with Gasteiger partial charge >= 0.3 is 29.2 Å². The van der Waals surface area contributed by atoms with Crippen LogP contribution in [0, 0.1) is 3.57 Å². The standard InChI is InChI=1S/C24H28IN2O15P3/c1-2-3-11-19-38-20-18(37-23(21(20)39-19)27-12-16(25)22(28)26-24(27)29)13-36-43(30,31)41-45(34,35)42-44(32,33)40-17-10-6-8-14-7-4-5-9-15(14)17/h4-10,12,18-21,23H,2-3,11,13H2,1H3,(H,30,31)(H,32,33)(H,34,35)(H,26,28,29)/t18-,19?,20?,21?,23-/m1/s1. The van der Waals surface area contributed by atoms with Crippen molar-refractivity contribution < 1.29 is 60.3 Å². The van der Waals surface area contributed by atoms with Gasteiger partial charge in [0.15, 0.2) is 12.5 Å². The van der Waals surface area contributed by atoms with Crippen molar-refractivity contribution >= 4 is 56.8 Å². The Bertz CT molecular complexity index is 1810. The van der Waals surface area contributed by atoms with Crippen molar-refractivity contribution in [1.82, 2.24) is 9.55 Å². The number of aromatic amines is 1. The predicted octanol–water partition coefficient (Wildman–Crippen LogP) is 3.92. The van der Waals surface area contributed by atoms with Gasteiger partial charge in [0.1, 0.15) is 24.1 Å². The maximum Gasteiger partial charge on any atom is 0.536 e. The first-order chi connectivity index (χ1) is 21.2. The number of hydrogen-bond acceptors (Lipinski definition) is 12. The van der Waals surface area contributed by atoms with Gasteiger partial charge in [-0.05, 0) is 46.9 Å². The van der Waals surface area contributed by atoms with Crippen molar-refractivity contribution in [2.24, 2.45) is 0 Å². The average Bonchev–Trinajstić information content (AvgIpc) is 3.51. The van der Waals surface area contributed by atoms with Crippen molar-refractivity contribution in [2.75, 3.05) is 6.61 Å². The van der Waals surface area contributed by atoms with Crippen LogP contribution < -0.4 is 15.8 Å². The van der Waals surface area contributed by atoms with Crippen molar-refractivity contribution in [2.45, 2.75) is 57.0 Å². The number of nitrogens with one attached hydrogen (secondary N) is 1. The maximum absolute atomic E-state index is 12.7. The SMILES string of the molecule is CCCCC1OC2C(O1)[C@@H](COP(=O)(O)OP(=O)(O)OP(=O)(O)Oc1cccc3ccccc13)O[C@H]2n1cc(I)c(=O)[nH]c1=O. The van der Waals surface area contributed by atoms with E-state index in [1.165, 1.54) is 18.3 Å². The summed E-state index contributed by atoms with van der Waals surface area (Å²) in [6, 6.07) is 11.1. The Morgan fingerprint density at radius 2 is 1.62 bits per heavy atom. The van der Waals surface area contributed by atoms with Gasteiger partial charge < -0.3 is 28.5 Å². The Morgan fingerprint density at radius 3 is 2.38 bits per heavy atom. The fourth-order valence-electron chi connectivity index (χ4n) is 4.80. The topological polar surface area (TPSA) is 231 Å². The summed E-state index contributed by atoms with van der Waals surface area (Å²) >= 11 is 1.73. The molecule has 0 radical (unpaired) electrons. The van der Waals surface area contributed by atoms with Gasteiger partial charge in [0, 0.05) is 11.6 Å². The molecular formula is C24H28IN2O15P3. The normalized spacial score (nSPS) is 27.0. The van der Waals surface area contributed by atoms with Crippen LogP contribution in [0.15, 0.2) is 58.3 Å². The zero-order chi connectivity index (χ0) is 32.6. The molecule has 0 aliphatic carbocycles. The summed E-state index contributed by atoms with van der Waals surface area (Å²) in [6.45, 7) is 1.18. The number of hydrogen-bond donors (Lipinski definition) is 4. The third-order valence-corrected chi connectivity index (χ3v) is 11.6. The molecule has 0 saturated carbocycles. The lowest BCUT2D eigenvalue weighted by Gasteiger charge is -2.22. The summed E-state index contributed by atoms with van der Waals surface area (Å²) in [4.78, 5) is 57.0. The minimum Gasteiger partial charge on any atom is -0.403 e. The highest BCUT2D eigenvalue weighted by atomic mass is 127. The van der Waals surface area contributed by atoms with Crippen LogP contribution >= 0.6 is 46.1 Å². The summed E-state index contributed by atoms with van der Waals surface area (Å²) in [5.74, 6) is -0.169. The molecule has 2 saturated heterocycles. The van der Waals surface area contributed by atoms with E-state index in [0.717, 1.165) is 17.4 Å². The second-order valence-electron chi connectivity index (χ2n) is 9.92. The molecule has 17 nitrogen and oxygen atoms in total. The van der Waals surface area contributed by atoms with Gasteiger partial charge in [0.2, 0.25) is 0 Å².